The maximum atomic E-state index is 12.6. The number of carbonyl (C=O) groups is 1. The van der Waals surface area contributed by atoms with E-state index in [0.29, 0.717) is 0 Å². The molecular weight excluding hydrogens is 394 g/mol. The number of rotatable bonds is 7. The van der Waals surface area contributed by atoms with Crippen LogP contribution >= 0.6 is 11.8 Å². The van der Waals surface area contributed by atoms with Crippen LogP contribution in [0.3, 0.4) is 0 Å². The van der Waals surface area contributed by atoms with Gasteiger partial charge in [0.25, 0.3) is 0 Å². The van der Waals surface area contributed by atoms with E-state index in [0.717, 1.165) is 33.4 Å². The van der Waals surface area contributed by atoms with Crippen LogP contribution in [0, 0.1) is 0 Å². The quantitative estimate of drug-likeness (QED) is 0.417. The number of thioether (sulfide) groups is 1. The number of para-hydroxylation sites is 1. The van der Waals surface area contributed by atoms with E-state index in [1.165, 1.54) is 11.8 Å². The Morgan fingerprint density at radius 3 is 2.50 bits per heavy atom. The van der Waals surface area contributed by atoms with E-state index in [4.69, 9.17) is 4.74 Å². The molecule has 5 nitrogen and oxygen atoms in total. The lowest BCUT2D eigenvalue weighted by molar-refractivity contribution is -0.113. The van der Waals surface area contributed by atoms with Gasteiger partial charge in [0.1, 0.15) is 5.75 Å². The van der Waals surface area contributed by atoms with Gasteiger partial charge in [-0.05, 0) is 35.9 Å². The highest BCUT2D eigenvalue weighted by molar-refractivity contribution is 7.99. The van der Waals surface area contributed by atoms with Gasteiger partial charge in [0.2, 0.25) is 5.91 Å². The molecule has 0 aliphatic carbocycles. The normalized spacial score (nSPS) is 10.6. The van der Waals surface area contributed by atoms with Crippen molar-refractivity contribution in [2.24, 2.45) is 0 Å². The average Bonchev–Trinajstić information content (AvgIpc) is 3.27. The summed E-state index contributed by atoms with van der Waals surface area (Å²) in [5.74, 6) is 0.980. The molecule has 0 spiro atoms. The first kappa shape index (κ1) is 19.8. The number of anilines is 1. The van der Waals surface area contributed by atoms with Crippen molar-refractivity contribution < 1.29 is 9.53 Å². The zero-order chi connectivity index (χ0) is 20.8. The minimum absolute atomic E-state index is 0.0762. The van der Waals surface area contributed by atoms with E-state index < -0.39 is 0 Å². The number of carbonyl (C=O) groups excluding carboxylic acids is 1. The molecule has 0 radical (unpaired) electrons. The third kappa shape index (κ3) is 4.55. The van der Waals surface area contributed by atoms with E-state index in [9.17, 15) is 4.79 Å². The highest BCUT2D eigenvalue weighted by Gasteiger charge is 2.12. The zero-order valence-corrected chi connectivity index (χ0v) is 17.3. The van der Waals surface area contributed by atoms with Crippen LogP contribution in [0.15, 0.2) is 96.4 Å². The lowest BCUT2D eigenvalue weighted by Gasteiger charge is -2.12. The summed E-state index contributed by atoms with van der Waals surface area (Å²) in [6.45, 7) is 0. The van der Waals surface area contributed by atoms with Crippen LogP contribution < -0.4 is 10.1 Å². The number of nitrogens with one attached hydrogen (secondary N) is 1. The Bertz CT molecular complexity index is 1120. The fourth-order valence-corrected chi connectivity index (χ4v) is 3.89. The smallest absolute Gasteiger partial charge is 0.234 e. The van der Waals surface area contributed by atoms with Crippen LogP contribution in [0.4, 0.5) is 5.69 Å². The highest BCUT2D eigenvalue weighted by atomic mass is 32.2. The van der Waals surface area contributed by atoms with Gasteiger partial charge in [-0.25, -0.2) is 4.98 Å². The second kappa shape index (κ2) is 9.33. The molecule has 0 fully saturated rings. The molecule has 4 aromatic rings. The fourth-order valence-electron chi connectivity index (χ4n) is 3.11. The van der Waals surface area contributed by atoms with Gasteiger partial charge in [0.15, 0.2) is 5.16 Å². The lowest BCUT2D eigenvalue weighted by atomic mass is 10.0. The predicted octanol–water partition coefficient (Wildman–Crippen LogP) is 5.28. The maximum absolute atomic E-state index is 12.6. The summed E-state index contributed by atoms with van der Waals surface area (Å²) in [5.41, 5.74) is 3.82. The standard InChI is InChI=1S/C24H21N3O2S/c1-29-20-13-11-19(12-14-20)27-16-15-25-24(27)30-17-23(28)26-22-10-6-5-9-21(22)18-7-3-2-4-8-18/h2-16H,17H2,1H3,(H,26,28). The van der Waals surface area contributed by atoms with Crippen molar-refractivity contribution in [3.8, 4) is 22.6 Å². The van der Waals surface area contributed by atoms with E-state index >= 15 is 0 Å². The largest absolute Gasteiger partial charge is 0.497 e. The first-order valence-corrected chi connectivity index (χ1v) is 10.5. The van der Waals surface area contributed by atoms with E-state index in [2.05, 4.69) is 10.3 Å². The van der Waals surface area contributed by atoms with Crippen molar-refractivity contribution in [2.45, 2.75) is 5.16 Å². The third-order valence-corrected chi connectivity index (χ3v) is 5.54. The van der Waals surface area contributed by atoms with E-state index in [-0.39, 0.29) is 11.7 Å². The Morgan fingerprint density at radius 2 is 1.73 bits per heavy atom. The Labute approximate surface area is 179 Å². The number of methoxy groups -OCH3 is 1. The fraction of sp³-hybridized carbons (Fsp3) is 0.0833. The van der Waals surface area contributed by atoms with Crippen molar-refractivity contribution in [3.63, 3.8) is 0 Å². The van der Waals surface area contributed by atoms with Crippen molar-refractivity contribution >= 4 is 23.4 Å². The summed E-state index contributed by atoms with van der Waals surface area (Å²) in [4.78, 5) is 17.0. The second-order valence-electron chi connectivity index (χ2n) is 6.53. The summed E-state index contributed by atoms with van der Waals surface area (Å²) < 4.78 is 7.16. The molecule has 0 saturated heterocycles. The second-order valence-corrected chi connectivity index (χ2v) is 7.47. The minimum atomic E-state index is -0.0762. The summed E-state index contributed by atoms with van der Waals surface area (Å²) in [7, 11) is 1.64. The molecule has 0 unspecified atom stereocenters. The molecule has 0 saturated carbocycles. The minimum Gasteiger partial charge on any atom is -0.497 e. The van der Waals surface area contributed by atoms with Crippen LogP contribution in [0.2, 0.25) is 0 Å². The highest BCUT2D eigenvalue weighted by Crippen LogP contribution is 2.28. The molecule has 3 aromatic carbocycles. The van der Waals surface area contributed by atoms with Gasteiger partial charge in [-0.2, -0.15) is 0 Å². The van der Waals surface area contributed by atoms with Crippen molar-refractivity contribution in [2.75, 3.05) is 18.2 Å². The first-order valence-electron chi connectivity index (χ1n) is 9.49. The average molecular weight is 416 g/mol. The number of hydrogen-bond acceptors (Lipinski definition) is 4. The van der Waals surface area contributed by atoms with Crippen molar-refractivity contribution in [1.29, 1.82) is 0 Å². The predicted molar refractivity (Wildman–Crippen MR) is 121 cm³/mol. The van der Waals surface area contributed by atoms with Crippen molar-refractivity contribution in [1.82, 2.24) is 9.55 Å². The number of benzene rings is 3. The van der Waals surface area contributed by atoms with Gasteiger partial charge >= 0.3 is 0 Å². The van der Waals surface area contributed by atoms with Gasteiger partial charge in [0, 0.05) is 29.3 Å². The summed E-state index contributed by atoms with van der Waals surface area (Å²) in [6.07, 6.45) is 3.61. The molecule has 0 atom stereocenters. The summed E-state index contributed by atoms with van der Waals surface area (Å²) in [6, 6.07) is 25.6. The van der Waals surface area contributed by atoms with E-state index in [1.807, 2.05) is 89.6 Å². The van der Waals surface area contributed by atoms with Crippen molar-refractivity contribution in [3.05, 3.63) is 91.3 Å². The Morgan fingerprint density at radius 1 is 1.00 bits per heavy atom. The van der Waals surface area contributed by atoms with Gasteiger partial charge in [-0.3, -0.25) is 9.36 Å². The zero-order valence-electron chi connectivity index (χ0n) is 16.5. The number of hydrogen-bond donors (Lipinski definition) is 1. The molecule has 1 amide bonds. The number of aromatic nitrogens is 2. The molecule has 0 aliphatic rings. The van der Waals surface area contributed by atoms with Gasteiger partial charge < -0.3 is 10.1 Å². The molecule has 1 heterocycles. The number of nitrogens with zero attached hydrogens (tertiary/aromatic N) is 2. The molecule has 6 heteroatoms. The number of amides is 1. The molecule has 4 rings (SSSR count). The van der Waals surface area contributed by atoms with Gasteiger partial charge in [0.05, 0.1) is 12.9 Å². The molecule has 1 N–H and O–H groups in total. The van der Waals surface area contributed by atoms with Crippen LogP contribution in [0.1, 0.15) is 0 Å². The monoisotopic (exact) mass is 415 g/mol. The Balaban J connectivity index is 1.44. The van der Waals surface area contributed by atoms with Gasteiger partial charge in [-0.15, -0.1) is 0 Å². The number of imidazole rings is 1. The molecule has 1 aromatic heterocycles. The van der Waals surface area contributed by atoms with Crippen LogP contribution in [-0.4, -0.2) is 28.3 Å². The van der Waals surface area contributed by atoms with Crippen LogP contribution in [0.25, 0.3) is 16.8 Å². The lowest BCUT2D eigenvalue weighted by Crippen LogP contribution is -2.15. The molecule has 150 valence electrons. The van der Waals surface area contributed by atoms with E-state index in [1.54, 1.807) is 13.3 Å². The molecule has 0 bridgehead atoms. The van der Waals surface area contributed by atoms with Gasteiger partial charge in [-0.1, -0.05) is 60.3 Å². The Kier molecular flexibility index (Phi) is 6.15. The Hall–Kier alpha value is -3.51. The first-order chi connectivity index (χ1) is 14.7. The summed E-state index contributed by atoms with van der Waals surface area (Å²) >= 11 is 1.40. The number of ether oxygens (including phenoxy) is 1. The van der Waals surface area contributed by atoms with Crippen LogP contribution in [-0.2, 0) is 4.79 Å². The topological polar surface area (TPSA) is 56.2 Å². The molecular formula is C24H21N3O2S. The molecule has 0 aliphatic heterocycles. The van der Waals surface area contributed by atoms with Crippen LogP contribution in [0.5, 0.6) is 5.75 Å². The SMILES string of the molecule is COc1ccc(-n2ccnc2SCC(=O)Nc2ccccc2-c2ccccc2)cc1. The summed E-state index contributed by atoms with van der Waals surface area (Å²) in [5, 5.41) is 3.79. The molecule has 30 heavy (non-hydrogen) atoms. The maximum Gasteiger partial charge on any atom is 0.234 e. The third-order valence-electron chi connectivity index (χ3n) is 4.58.